The molecule has 3 aromatic carbocycles. The number of hydrogen-bond donors (Lipinski definition) is 1. The molecule has 1 aromatic heterocycles. The SMILES string of the molecule is CCn1c2ccccc2c2cc(NS(=O)(=O)c3ccc(Br)cc3OC(F)(F)F)ccc21. The largest absolute Gasteiger partial charge is 0.573 e. The van der Waals surface area contributed by atoms with E-state index in [9.17, 15) is 21.6 Å². The van der Waals surface area contributed by atoms with Crippen molar-refractivity contribution >= 4 is 53.4 Å². The highest BCUT2D eigenvalue weighted by atomic mass is 79.9. The Balaban J connectivity index is 1.78. The zero-order valence-electron chi connectivity index (χ0n) is 16.1. The molecule has 0 atom stereocenters. The number of nitrogens with one attached hydrogen (secondary N) is 1. The summed E-state index contributed by atoms with van der Waals surface area (Å²) in [7, 11) is -4.36. The van der Waals surface area contributed by atoms with Gasteiger partial charge in [0.05, 0.1) is 0 Å². The van der Waals surface area contributed by atoms with Crippen LogP contribution >= 0.6 is 15.9 Å². The quantitative estimate of drug-likeness (QED) is 0.342. The summed E-state index contributed by atoms with van der Waals surface area (Å²) in [5.74, 6) is -0.821. The van der Waals surface area contributed by atoms with E-state index in [0.29, 0.717) is 0 Å². The van der Waals surface area contributed by atoms with Crippen molar-refractivity contribution in [1.82, 2.24) is 4.57 Å². The Morgan fingerprint density at radius 3 is 2.42 bits per heavy atom. The molecule has 0 aliphatic heterocycles. The first-order chi connectivity index (χ1) is 14.6. The molecule has 10 heteroatoms. The summed E-state index contributed by atoms with van der Waals surface area (Å²) in [6.45, 7) is 2.74. The summed E-state index contributed by atoms with van der Waals surface area (Å²) < 4.78 is 72.8. The molecule has 31 heavy (non-hydrogen) atoms. The fourth-order valence-corrected chi connectivity index (χ4v) is 5.08. The lowest BCUT2D eigenvalue weighted by molar-refractivity contribution is -0.275. The van der Waals surface area contributed by atoms with Crippen LogP contribution in [0.3, 0.4) is 0 Å². The molecule has 0 spiro atoms. The Labute approximate surface area is 184 Å². The van der Waals surface area contributed by atoms with E-state index in [1.807, 2.05) is 31.2 Å². The van der Waals surface area contributed by atoms with Crippen molar-refractivity contribution in [1.29, 1.82) is 0 Å². The molecule has 1 N–H and O–H groups in total. The number of nitrogens with zero attached hydrogens (tertiary/aromatic N) is 1. The van der Waals surface area contributed by atoms with Crippen LogP contribution in [0.15, 0.2) is 70.0 Å². The number of hydrogen-bond acceptors (Lipinski definition) is 3. The number of ether oxygens (including phenoxy) is 1. The summed E-state index contributed by atoms with van der Waals surface area (Å²) in [4.78, 5) is -0.621. The number of anilines is 1. The number of fused-ring (bicyclic) bond motifs is 3. The molecule has 0 unspecified atom stereocenters. The summed E-state index contributed by atoms with van der Waals surface area (Å²) in [6, 6.07) is 16.1. The topological polar surface area (TPSA) is 60.3 Å². The lowest BCUT2D eigenvalue weighted by atomic mass is 10.1. The van der Waals surface area contributed by atoms with E-state index < -0.39 is 27.0 Å². The van der Waals surface area contributed by atoms with Crippen molar-refractivity contribution in [3.05, 3.63) is 65.1 Å². The number of benzene rings is 3. The molecule has 4 rings (SSSR count). The third-order valence-electron chi connectivity index (χ3n) is 4.76. The average Bonchev–Trinajstić information content (AvgIpc) is 2.99. The second-order valence-electron chi connectivity index (χ2n) is 6.74. The predicted molar refractivity (Wildman–Crippen MR) is 117 cm³/mol. The Bertz CT molecular complexity index is 1400. The van der Waals surface area contributed by atoms with E-state index in [1.54, 1.807) is 18.2 Å². The molecule has 0 saturated heterocycles. The van der Waals surface area contributed by atoms with Crippen LogP contribution in [0.2, 0.25) is 0 Å². The van der Waals surface area contributed by atoms with E-state index >= 15 is 0 Å². The average molecular weight is 513 g/mol. The molecule has 0 bridgehead atoms. The van der Waals surface area contributed by atoms with Crippen LogP contribution < -0.4 is 9.46 Å². The standard InChI is InChI=1S/C21H16BrF3N2O3S/c1-2-27-17-6-4-3-5-15(17)16-12-14(8-9-18(16)27)26-31(28,29)20-10-7-13(22)11-19(20)30-21(23,24)25/h3-12,26H,2H2,1H3. The minimum atomic E-state index is -5.04. The van der Waals surface area contributed by atoms with Gasteiger partial charge in [0.2, 0.25) is 0 Å². The third-order valence-corrected chi connectivity index (χ3v) is 6.68. The molecule has 0 radical (unpaired) electrons. The van der Waals surface area contributed by atoms with Crippen LogP contribution in [0.1, 0.15) is 6.92 Å². The second kappa shape index (κ2) is 7.76. The number of para-hydroxylation sites is 1. The third kappa shape index (κ3) is 4.22. The summed E-state index contributed by atoms with van der Waals surface area (Å²) in [5, 5.41) is 1.78. The van der Waals surface area contributed by atoms with Gasteiger partial charge in [-0.15, -0.1) is 13.2 Å². The highest BCUT2D eigenvalue weighted by Gasteiger charge is 2.34. The van der Waals surface area contributed by atoms with Gasteiger partial charge in [-0.1, -0.05) is 34.1 Å². The van der Waals surface area contributed by atoms with Crippen LogP contribution in [0, 0.1) is 0 Å². The number of alkyl halides is 3. The lowest BCUT2D eigenvalue weighted by Crippen LogP contribution is -2.21. The highest BCUT2D eigenvalue weighted by Crippen LogP contribution is 2.35. The number of sulfonamides is 1. The zero-order valence-corrected chi connectivity index (χ0v) is 18.5. The fourth-order valence-electron chi connectivity index (χ4n) is 3.58. The minimum Gasteiger partial charge on any atom is -0.404 e. The molecule has 4 aromatic rings. The van der Waals surface area contributed by atoms with Crippen molar-refractivity contribution in [2.75, 3.05) is 4.72 Å². The van der Waals surface area contributed by atoms with Gasteiger partial charge in [-0.2, -0.15) is 0 Å². The Hall–Kier alpha value is -2.72. The van der Waals surface area contributed by atoms with E-state index in [2.05, 4.69) is 30.0 Å². The van der Waals surface area contributed by atoms with E-state index in [0.717, 1.165) is 40.5 Å². The lowest BCUT2D eigenvalue weighted by Gasteiger charge is -2.15. The first kappa shape index (κ1) is 21.5. The maximum atomic E-state index is 12.9. The summed E-state index contributed by atoms with van der Waals surface area (Å²) in [6.07, 6.45) is -5.04. The van der Waals surface area contributed by atoms with Crippen molar-refractivity contribution in [3.63, 3.8) is 0 Å². The molecule has 0 aliphatic rings. The van der Waals surface area contributed by atoms with Gasteiger partial charge in [-0.05, 0) is 49.4 Å². The number of aromatic nitrogens is 1. The van der Waals surface area contributed by atoms with Crippen LogP contribution in [0.25, 0.3) is 21.8 Å². The van der Waals surface area contributed by atoms with Gasteiger partial charge in [0.25, 0.3) is 10.0 Å². The van der Waals surface area contributed by atoms with Crippen molar-refractivity contribution < 1.29 is 26.3 Å². The second-order valence-corrected chi connectivity index (χ2v) is 9.30. The molecule has 0 aliphatic carbocycles. The predicted octanol–water partition coefficient (Wildman–Crippen LogP) is 6.28. The fraction of sp³-hybridized carbons (Fsp3) is 0.143. The zero-order chi connectivity index (χ0) is 22.4. The van der Waals surface area contributed by atoms with Gasteiger partial charge >= 0.3 is 6.36 Å². The first-order valence-electron chi connectivity index (χ1n) is 9.18. The molecule has 1 heterocycles. The maximum Gasteiger partial charge on any atom is 0.573 e. The van der Waals surface area contributed by atoms with Crippen molar-refractivity contribution in [2.24, 2.45) is 0 Å². The molecule has 0 amide bonds. The van der Waals surface area contributed by atoms with Crippen LogP contribution in [0.4, 0.5) is 18.9 Å². The number of halogens is 4. The van der Waals surface area contributed by atoms with Crippen LogP contribution in [-0.4, -0.2) is 19.3 Å². The number of aryl methyl sites for hydroxylation is 1. The molecular weight excluding hydrogens is 497 g/mol. The maximum absolute atomic E-state index is 12.9. The van der Waals surface area contributed by atoms with Crippen LogP contribution in [0.5, 0.6) is 5.75 Å². The molecule has 162 valence electrons. The Kier molecular flexibility index (Phi) is 5.38. The Morgan fingerprint density at radius 2 is 1.71 bits per heavy atom. The summed E-state index contributed by atoms with van der Waals surface area (Å²) in [5.41, 5.74) is 2.16. The summed E-state index contributed by atoms with van der Waals surface area (Å²) >= 11 is 3.03. The van der Waals surface area contributed by atoms with Crippen molar-refractivity contribution in [2.45, 2.75) is 24.7 Å². The van der Waals surface area contributed by atoms with Gasteiger partial charge in [0, 0.05) is 38.5 Å². The first-order valence-corrected chi connectivity index (χ1v) is 11.5. The van der Waals surface area contributed by atoms with Gasteiger partial charge in [-0.3, -0.25) is 4.72 Å². The van der Waals surface area contributed by atoms with Crippen molar-refractivity contribution in [3.8, 4) is 5.75 Å². The number of rotatable bonds is 5. The van der Waals surface area contributed by atoms with Gasteiger partial charge < -0.3 is 9.30 Å². The van der Waals surface area contributed by atoms with Crippen LogP contribution in [-0.2, 0) is 16.6 Å². The van der Waals surface area contributed by atoms with Gasteiger partial charge in [0.15, 0.2) is 5.75 Å². The van der Waals surface area contributed by atoms with E-state index in [1.165, 1.54) is 6.07 Å². The molecule has 0 saturated carbocycles. The molecule has 5 nitrogen and oxygen atoms in total. The van der Waals surface area contributed by atoms with Gasteiger partial charge in [0.1, 0.15) is 4.90 Å². The molecule has 0 fully saturated rings. The smallest absolute Gasteiger partial charge is 0.404 e. The Morgan fingerprint density at radius 1 is 1.00 bits per heavy atom. The van der Waals surface area contributed by atoms with E-state index in [4.69, 9.17) is 0 Å². The minimum absolute atomic E-state index is 0.229. The van der Waals surface area contributed by atoms with E-state index in [-0.39, 0.29) is 10.2 Å². The highest BCUT2D eigenvalue weighted by molar-refractivity contribution is 9.10. The normalized spacial score (nSPS) is 12.4. The molecular formula is C21H16BrF3N2O3S. The monoisotopic (exact) mass is 512 g/mol. The van der Waals surface area contributed by atoms with Gasteiger partial charge in [-0.25, -0.2) is 8.42 Å².